The van der Waals surface area contributed by atoms with Crippen molar-refractivity contribution < 1.29 is 48.5 Å². The Labute approximate surface area is 157 Å². The summed E-state index contributed by atoms with van der Waals surface area (Å²) < 4.78 is 5.52. The predicted octanol–water partition coefficient (Wildman–Crippen LogP) is -0.471. The summed E-state index contributed by atoms with van der Waals surface area (Å²) in [5.74, 6) is 0.318. The van der Waals surface area contributed by atoms with Gasteiger partial charge in [0.25, 0.3) is 5.69 Å². The number of hydrogen-bond acceptors (Lipinski definition) is 6. The van der Waals surface area contributed by atoms with Crippen LogP contribution in [0.3, 0.4) is 0 Å². The Morgan fingerprint density at radius 3 is 2.50 bits per heavy atom. The Morgan fingerprint density at radius 1 is 1.21 bits per heavy atom. The first-order valence-corrected chi connectivity index (χ1v) is 6.47. The zero-order valence-electron chi connectivity index (χ0n) is 12.6. The molecule has 0 aliphatic carbocycles. The smallest absolute Gasteiger partial charge is 0.455 e. The van der Waals surface area contributed by atoms with Gasteiger partial charge in [-0.2, -0.15) is 0 Å². The quantitative estimate of drug-likeness (QED) is 0.246. The Bertz CT molecular complexity index is 815. The number of non-ortho nitro benzene ring substituents is 1. The SMILES string of the molecule is O=C1CN(/N=C/c2ccc(-c3ccc([N+](=O)[O-])cc3)o2)C(=O)[N-]1.[Na+]. The minimum atomic E-state index is -0.714. The number of urea groups is 1. The van der Waals surface area contributed by atoms with Gasteiger partial charge in [-0.1, -0.05) is 0 Å². The Morgan fingerprint density at radius 2 is 1.92 bits per heavy atom. The number of carbonyl (C=O) groups excluding carboxylic acids is 2. The number of furan rings is 1. The van der Waals surface area contributed by atoms with Crippen molar-refractivity contribution in [1.29, 1.82) is 0 Å². The van der Waals surface area contributed by atoms with Crippen molar-refractivity contribution in [3.8, 4) is 11.3 Å². The summed E-state index contributed by atoms with van der Waals surface area (Å²) in [6, 6.07) is 8.47. The summed E-state index contributed by atoms with van der Waals surface area (Å²) in [4.78, 5) is 32.4. The van der Waals surface area contributed by atoms with Crippen molar-refractivity contribution in [3.63, 3.8) is 0 Å². The number of amides is 3. The van der Waals surface area contributed by atoms with Crippen molar-refractivity contribution in [1.82, 2.24) is 5.01 Å². The molecule has 0 unspecified atom stereocenters. The molecule has 0 atom stereocenters. The number of hydrazone groups is 1. The number of imide groups is 1. The molecule has 1 aromatic heterocycles. The van der Waals surface area contributed by atoms with Gasteiger partial charge in [0.1, 0.15) is 11.5 Å². The van der Waals surface area contributed by atoms with Crippen molar-refractivity contribution in [2.45, 2.75) is 0 Å². The van der Waals surface area contributed by atoms with E-state index < -0.39 is 16.9 Å². The van der Waals surface area contributed by atoms with Crippen LogP contribution in [0.2, 0.25) is 0 Å². The van der Waals surface area contributed by atoms with E-state index in [2.05, 4.69) is 10.4 Å². The summed E-state index contributed by atoms with van der Waals surface area (Å²) >= 11 is 0. The maximum Gasteiger partial charge on any atom is 1.00 e. The molecule has 9 nitrogen and oxygen atoms in total. The number of nitro benzene ring substituents is 1. The number of nitro groups is 1. The second-order valence-electron chi connectivity index (χ2n) is 4.60. The molecule has 0 N–H and O–H groups in total. The molecule has 10 heteroatoms. The first-order valence-electron chi connectivity index (χ1n) is 6.47. The molecule has 2 heterocycles. The molecule has 0 spiro atoms. The van der Waals surface area contributed by atoms with Gasteiger partial charge in [-0.3, -0.25) is 24.8 Å². The number of hydrogen-bond donors (Lipinski definition) is 0. The summed E-state index contributed by atoms with van der Waals surface area (Å²) in [7, 11) is 0. The van der Waals surface area contributed by atoms with Gasteiger partial charge in [-0.05, 0) is 24.3 Å². The van der Waals surface area contributed by atoms with Crippen LogP contribution in [0, 0.1) is 10.1 Å². The Hall–Kier alpha value is -2.49. The van der Waals surface area contributed by atoms with E-state index in [0.717, 1.165) is 5.01 Å². The third-order valence-corrected chi connectivity index (χ3v) is 3.04. The Kier molecular flexibility index (Phi) is 5.50. The van der Waals surface area contributed by atoms with E-state index in [4.69, 9.17) is 4.42 Å². The normalized spacial score (nSPS) is 13.9. The maximum atomic E-state index is 11.3. The van der Waals surface area contributed by atoms with Gasteiger partial charge in [-0.15, -0.1) is 0 Å². The van der Waals surface area contributed by atoms with E-state index in [1.807, 2.05) is 0 Å². The van der Waals surface area contributed by atoms with E-state index in [1.165, 1.54) is 18.3 Å². The number of nitrogens with zero attached hydrogens (tertiary/aromatic N) is 4. The first kappa shape index (κ1) is 17.9. The zero-order valence-corrected chi connectivity index (χ0v) is 14.6. The molecule has 1 aliphatic rings. The third-order valence-electron chi connectivity index (χ3n) is 3.04. The van der Waals surface area contributed by atoms with Crippen LogP contribution in [-0.2, 0) is 4.79 Å². The minimum absolute atomic E-state index is 0. The molecule has 1 aromatic carbocycles. The number of carbonyl (C=O) groups is 2. The minimum Gasteiger partial charge on any atom is -0.455 e. The van der Waals surface area contributed by atoms with Crippen molar-refractivity contribution in [2.75, 3.05) is 6.54 Å². The van der Waals surface area contributed by atoms with E-state index in [0.29, 0.717) is 17.1 Å². The molecule has 0 radical (unpaired) electrons. The number of benzene rings is 1. The second-order valence-corrected chi connectivity index (χ2v) is 4.60. The van der Waals surface area contributed by atoms with Crippen LogP contribution < -0.4 is 29.6 Å². The standard InChI is InChI=1S/C14H10N4O5.Na/c19-13-8-17(14(20)16-13)15-7-11-5-6-12(23-11)9-1-3-10(4-2-9)18(21)22;/h1-7H,8H2,(H,16,19,20);/q;+1/p-1/b15-7+;. The molecule has 3 rings (SSSR count). The van der Waals surface area contributed by atoms with Gasteiger partial charge < -0.3 is 14.7 Å². The third kappa shape index (κ3) is 3.88. The molecule has 1 fully saturated rings. The van der Waals surface area contributed by atoms with Gasteiger partial charge in [0.05, 0.1) is 11.1 Å². The van der Waals surface area contributed by atoms with E-state index in [-0.39, 0.29) is 41.8 Å². The summed E-state index contributed by atoms with van der Waals surface area (Å²) in [5, 5.41) is 18.6. The maximum absolute atomic E-state index is 11.3. The molecule has 2 aromatic rings. The van der Waals surface area contributed by atoms with Crippen LogP contribution in [0.4, 0.5) is 10.5 Å². The average Bonchev–Trinajstić information content (AvgIpc) is 3.11. The fourth-order valence-corrected chi connectivity index (χ4v) is 1.94. The van der Waals surface area contributed by atoms with Crippen LogP contribution in [-0.4, -0.2) is 34.6 Å². The molecular formula is C14H9N4NaO5. The second kappa shape index (κ2) is 7.39. The van der Waals surface area contributed by atoms with Gasteiger partial charge >= 0.3 is 29.6 Å². The molecule has 3 amide bonds. The van der Waals surface area contributed by atoms with Crippen LogP contribution in [0.1, 0.15) is 5.76 Å². The molecule has 24 heavy (non-hydrogen) atoms. The monoisotopic (exact) mass is 336 g/mol. The molecule has 0 saturated carbocycles. The topological polar surface area (TPSA) is 120 Å². The van der Waals surface area contributed by atoms with Gasteiger partial charge in [0.15, 0.2) is 11.9 Å². The van der Waals surface area contributed by atoms with Gasteiger partial charge in [0, 0.05) is 24.2 Å². The summed E-state index contributed by atoms with van der Waals surface area (Å²) in [6.45, 7) is -0.189. The Balaban J connectivity index is 0.00000208. The van der Waals surface area contributed by atoms with Crippen molar-refractivity contribution in [3.05, 3.63) is 57.6 Å². The van der Waals surface area contributed by atoms with E-state index >= 15 is 0 Å². The van der Waals surface area contributed by atoms with Gasteiger partial charge in [0.2, 0.25) is 0 Å². The van der Waals surface area contributed by atoms with Crippen LogP contribution >= 0.6 is 0 Å². The van der Waals surface area contributed by atoms with Crippen molar-refractivity contribution >= 4 is 23.8 Å². The predicted molar refractivity (Wildman–Crippen MR) is 78.9 cm³/mol. The van der Waals surface area contributed by atoms with E-state index in [1.54, 1.807) is 24.3 Å². The average molecular weight is 336 g/mol. The zero-order chi connectivity index (χ0) is 16.4. The van der Waals surface area contributed by atoms with Crippen LogP contribution in [0.25, 0.3) is 16.6 Å². The molecule has 1 aliphatic heterocycles. The van der Waals surface area contributed by atoms with Gasteiger partial charge in [-0.25, -0.2) is 0 Å². The fraction of sp³-hybridized carbons (Fsp3) is 0.0714. The summed E-state index contributed by atoms with van der Waals surface area (Å²) in [6.07, 6.45) is 1.29. The summed E-state index contributed by atoms with van der Waals surface area (Å²) in [5.41, 5.74) is 0.653. The van der Waals surface area contributed by atoms with Crippen LogP contribution in [0.5, 0.6) is 0 Å². The van der Waals surface area contributed by atoms with Crippen molar-refractivity contribution in [2.24, 2.45) is 5.10 Å². The van der Waals surface area contributed by atoms with Crippen LogP contribution in [0.15, 0.2) is 45.9 Å². The number of rotatable bonds is 4. The molecule has 116 valence electrons. The molecule has 1 saturated heterocycles. The fourth-order valence-electron chi connectivity index (χ4n) is 1.94. The largest absolute Gasteiger partial charge is 1.00 e. The van der Waals surface area contributed by atoms with E-state index in [9.17, 15) is 19.7 Å². The molecule has 0 bridgehead atoms. The first-order chi connectivity index (χ1) is 11.0. The molecular weight excluding hydrogens is 327 g/mol.